The van der Waals surface area contributed by atoms with E-state index in [1.165, 1.54) is 17.0 Å². The molecule has 3 aliphatic rings. The van der Waals surface area contributed by atoms with Crippen molar-refractivity contribution < 1.29 is 27.6 Å². The van der Waals surface area contributed by atoms with Crippen LogP contribution in [0.25, 0.3) is 0 Å². The number of hydrogen-bond acceptors (Lipinski definition) is 4. The van der Waals surface area contributed by atoms with Crippen molar-refractivity contribution in [2.75, 3.05) is 24.5 Å². The minimum atomic E-state index is -3.16. The van der Waals surface area contributed by atoms with Gasteiger partial charge < -0.3 is 15.1 Å². The van der Waals surface area contributed by atoms with Gasteiger partial charge in [0.2, 0.25) is 11.8 Å². The highest BCUT2D eigenvalue weighted by molar-refractivity contribution is 6.00. The molecule has 3 fully saturated rings. The van der Waals surface area contributed by atoms with Crippen molar-refractivity contribution in [2.45, 2.75) is 63.8 Å². The predicted molar refractivity (Wildman–Crippen MR) is 121 cm³/mol. The maximum absolute atomic E-state index is 13.8. The number of Topliss-reactive ketones (excluding diaryl/α,β-unsaturated/α-hetero) is 1. The molecule has 1 saturated carbocycles. The molecule has 0 aromatic heterocycles. The molecule has 2 saturated heterocycles. The third-order valence-electron chi connectivity index (χ3n) is 7.51. The SMILES string of the molecule is CC(F)(F)C[C@H](NC(=O)N1CCC2(CC1)CCN(c1ccc(F)cc1)C2=O)C(=O)CC1(C#N)CC1. The smallest absolute Gasteiger partial charge is 0.317 e. The Morgan fingerprint density at radius 3 is 2.26 bits per heavy atom. The lowest BCUT2D eigenvalue weighted by Gasteiger charge is -2.38. The van der Waals surface area contributed by atoms with Crippen LogP contribution in [0.3, 0.4) is 0 Å². The van der Waals surface area contributed by atoms with E-state index in [0.29, 0.717) is 51.3 Å². The van der Waals surface area contributed by atoms with Crippen molar-refractivity contribution in [1.29, 1.82) is 5.26 Å². The Labute approximate surface area is 202 Å². The third-order valence-corrected chi connectivity index (χ3v) is 7.51. The number of piperidine rings is 1. The van der Waals surface area contributed by atoms with Gasteiger partial charge in [0.15, 0.2) is 5.78 Å². The summed E-state index contributed by atoms with van der Waals surface area (Å²) in [5.41, 5.74) is -0.789. The number of rotatable bonds is 7. The van der Waals surface area contributed by atoms with Crippen LogP contribution in [0.1, 0.15) is 51.9 Å². The maximum atomic E-state index is 13.8. The molecule has 1 atom stereocenters. The topological polar surface area (TPSA) is 93.5 Å². The number of alkyl halides is 2. The van der Waals surface area contributed by atoms with E-state index >= 15 is 0 Å². The lowest BCUT2D eigenvalue weighted by Crippen LogP contribution is -2.53. The summed E-state index contributed by atoms with van der Waals surface area (Å²) in [4.78, 5) is 41.9. The van der Waals surface area contributed by atoms with Crippen LogP contribution in [0.15, 0.2) is 24.3 Å². The van der Waals surface area contributed by atoms with Gasteiger partial charge in [-0.25, -0.2) is 18.0 Å². The molecule has 1 aromatic carbocycles. The first kappa shape index (κ1) is 25.0. The highest BCUT2D eigenvalue weighted by Crippen LogP contribution is 2.48. The van der Waals surface area contributed by atoms with Gasteiger partial charge in [-0.2, -0.15) is 5.26 Å². The van der Waals surface area contributed by atoms with Gasteiger partial charge in [-0.3, -0.25) is 9.59 Å². The van der Waals surface area contributed by atoms with Gasteiger partial charge in [-0.15, -0.1) is 0 Å². The van der Waals surface area contributed by atoms with Crippen molar-refractivity contribution in [3.8, 4) is 6.07 Å². The average Bonchev–Trinajstić information content (AvgIpc) is 3.52. The second-order valence-corrected chi connectivity index (χ2v) is 10.3. The fourth-order valence-corrected chi connectivity index (χ4v) is 5.07. The Balaban J connectivity index is 1.37. The zero-order chi connectivity index (χ0) is 25.4. The number of carbonyl (C=O) groups is 3. The molecule has 1 aromatic rings. The standard InChI is InChI=1S/C25H29F3N4O3/c1-23(27,28)14-19(20(33)15-24(16-29)6-7-24)30-22(35)31-11-8-25(9-12-31)10-13-32(21(25)34)18-4-2-17(26)3-5-18/h2-5,19H,6-15H2,1H3,(H,30,35)/t19-/m0/s1. The number of likely N-dealkylation sites (tertiary alicyclic amines) is 1. The van der Waals surface area contributed by atoms with E-state index in [-0.39, 0.29) is 31.2 Å². The molecule has 1 spiro atoms. The van der Waals surface area contributed by atoms with Crippen LogP contribution in [0.4, 0.5) is 23.7 Å². The highest BCUT2D eigenvalue weighted by atomic mass is 19.3. The summed E-state index contributed by atoms with van der Waals surface area (Å²) < 4.78 is 40.8. The number of halogens is 3. The zero-order valence-corrected chi connectivity index (χ0v) is 19.7. The Kier molecular flexibility index (Phi) is 6.56. The number of carbonyl (C=O) groups excluding carboxylic acids is 3. The Morgan fingerprint density at radius 1 is 1.11 bits per heavy atom. The first-order valence-electron chi connectivity index (χ1n) is 11.9. The number of amides is 3. The number of nitrogens with one attached hydrogen (secondary N) is 1. The fourth-order valence-electron chi connectivity index (χ4n) is 5.07. The van der Waals surface area contributed by atoms with Gasteiger partial charge in [-0.05, 0) is 63.3 Å². The van der Waals surface area contributed by atoms with Crippen molar-refractivity contribution in [1.82, 2.24) is 10.2 Å². The summed E-state index contributed by atoms with van der Waals surface area (Å²) in [6.07, 6.45) is 1.56. The van der Waals surface area contributed by atoms with E-state index in [2.05, 4.69) is 11.4 Å². The number of anilines is 1. The van der Waals surface area contributed by atoms with Crippen LogP contribution in [0, 0.1) is 28.0 Å². The van der Waals surface area contributed by atoms with Gasteiger partial charge in [0, 0.05) is 38.2 Å². The molecule has 4 rings (SSSR count). The summed E-state index contributed by atoms with van der Waals surface area (Å²) in [7, 11) is 0. The lowest BCUT2D eigenvalue weighted by atomic mass is 9.77. The molecule has 3 amide bonds. The molecule has 0 bridgehead atoms. The van der Waals surface area contributed by atoms with E-state index in [0.717, 1.165) is 0 Å². The molecule has 10 heteroatoms. The molecule has 2 heterocycles. The van der Waals surface area contributed by atoms with E-state index in [4.69, 9.17) is 0 Å². The monoisotopic (exact) mass is 490 g/mol. The minimum absolute atomic E-state index is 0.0610. The number of nitrogens with zero attached hydrogens (tertiary/aromatic N) is 3. The van der Waals surface area contributed by atoms with Crippen molar-refractivity contribution >= 4 is 23.4 Å². The van der Waals surface area contributed by atoms with Crippen molar-refractivity contribution in [3.05, 3.63) is 30.1 Å². The molecule has 1 N–H and O–H groups in total. The first-order chi connectivity index (χ1) is 16.5. The van der Waals surface area contributed by atoms with Gasteiger partial charge >= 0.3 is 6.03 Å². The van der Waals surface area contributed by atoms with Gasteiger partial charge in [0.05, 0.1) is 22.9 Å². The van der Waals surface area contributed by atoms with Crippen LogP contribution in [0.2, 0.25) is 0 Å². The molecule has 7 nitrogen and oxygen atoms in total. The van der Waals surface area contributed by atoms with Gasteiger partial charge in [-0.1, -0.05) is 0 Å². The van der Waals surface area contributed by atoms with Crippen LogP contribution in [-0.2, 0) is 9.59 Å². The third kappa shape index (κ3) is 5.44. The van der Waals surface area contributed by atoms with Gasteiger partial charge in [0.25, 0.3) is 0 Å². The number of urea groups is 1. The minimum Gasteiger partial charge on any atom is -0.328 e. The van der Waals surface area contributed by atoms with E-state index in [1.54, 1.807) is 17.0 Å². The van der Waals surface area contributed by atoms with Crippen LogP contribution in [0.5, 0.6) is 0 Å². The second-order valence-electron chi connectivity index (χ2n) is 10.3. The number of ketones is 1. The lowest BCUT2D eigenvalue weighted by molar-refractivity contribution is -0.127. The largest absolute Gasteiger partial charge is 0.328 e. The summed E-state index contributed by atoms with van der Waals surface area (Å²) in [5.74, 6) is -4.17. The summed E-state index contributed by atoms with van der Waals surface area (Å²) in [5, 5.41) is 11.7. The second kappa shape index (κ2) is 9.17. The summed E-state index contributed by atoms with van der Waals surface area (Å²) >= 11 is 0. The summed E-state index contributed by atoms with van der Waals surface area (Å²) in [6, 6.07) is 5.82. The Morgan fingerprint density at radius 2 is 1.71 bits per heavy atom. The van der Waals surface area contributed by atoms with Crippen LogP contribution >= 0.6 is 0 Å². The van der Waals surface area contributed by atoms with E-state index in [1.807, 2.05) is 0 Å². The fraction of sp³-hybridized carbons (Fsp3) is 0.600. The number of hydrogen-bond donors (Lipinski definition) is 1. The Hall–Kier alpha value is -3.09. The number of benzene rings is 1. The molecule has 35 heavy (non-hydrogen) atoms. The first-order valence-corrected chi connectivity index (χ1v) is 11.9. The zero-order valence-electron chi connectivity index (χ0n) is 19.7. The molecule has 2 aliphatic heterocycles. The highest BCUT2D eigenvalue weighted by Gasteiger charge is 2.50. The van der Waals surface area contributed by atoms with Crippen LogP contribution < -0.4 is 10.2 Å². The molecular weight excluding hydrogens is 461 g/mol. The molecular formula is C25H29F3N4O3. The molecule has 1 aliphatic carbocycles. The average molecular weight is 491 g/mol. The van der Waals surface area contributed by atoms with Crippen molar-refractivity contribution in [2.24, 2.45) is 10.8 Å². The predicted octanol–water partition coefficient (Wildman–Crippen LogP) is 4.03. The molecule has 0 unspecified atom stereocenters. The van der Waals surface area contributed by atoms with E-state index < -0.39 is 41.0 Å². The van der Waals surface area contributed by atoms with E-state index in [9.17, 15) is 32.8 Å². The number of nitriles is 1. The quantitative estimate of drug-likeness (QED) is 0.625. The Bertz CT molecular complexity index is 1040. The maximum Gasteiger partial charge on any atom is 0.317 e. The van der Waals surface area contributed by atoms with Gasteiger partial charge in [0.1, 0.15) is 5.82 Å². The molecule has 0 radical (unpaired) electrons. The molecule has 188 valence electrons. The van der Waals surface area contributed by atoms with Crippen molar-refractivity contribution in [3.63, 3.8) is 0 Å². The normalized spacial score (nSPS) is 21.5. The van der Waals surface area contributed by atoms with Crippen LogP contribution in [-0.4, -0.2) is 54.2 Å². The summed E-state index contributed by atoms with van der Waals surface area (Å²) in [6.45, 7) is 1.69.